The van der Waals surface area contributed by atoms with Crippen LogP contribution in [0, 0.1) is 0 Å². The van der Waals surface area contributed by atoms with Crippen LogP contribution in [0.3, 0.4) is 0 Å². The largest absolute Gasteiger partial charge is 0.490 e. The van der Waals surface area contributed by atoms with E-state index in [1.54, 1.807) is 0 Å². The van der Waals surface area contributed by atoms with Crippen molar-refractivity contribution in [2.75, 3.05) is 20.3 Å². The summed E-state index contributed by atoms with van der Waals surface area (Å²) in [5, 5.41) is 0. The smallest absolute Gasteiger partial charge is 0.322 e. The molecule has 1 aliphatic heterocycles. The summed E-state index contributed by atoms with van der Waals surface area (Å²) in [7, 11) is 1.33. The number of methoxy groups -OCH3 is 1. The van der Waals surface area contributed by atoms with Gasteiger partial charge in [0.25, 0.3) is 0 Å². The van der Waals surface area contributed by atoms with Crippen molar-refractivity contribution in [1.82, 2.24) is 0 Å². The van der Waals surface area contributed by atoms with Crippen molar-refractivity contribution >= 4 is 5.97 Å². The summed E-state index contributed by atoms with van der Waals surface area (Å²) in [5.74, 6) is 0.971. The molecule has 2 N–H and O–H groups in total. The van der Waals surface area contributed by atoms with Gasteiger partial charge in [-0.25, -0.2) is 0 Å². The highest BCUT2D eigenvalue weighted by Crippen LogP contribution is 2.33. The van der Waals surface area contributed by atoms with E-state index < -0.39 is 12.0 Å². The Hall–Kier alpha value is -1.75. The summed E-state index contributed by atoms with van der Waals surface area (Å²) in [6, 6.07) is 4.92. The van der Waals surface area contributed by atoms with Gasteiger partial charge < -0.3 is 19.9 Å². The minimum atomic E-state index is -0.687. The third kappa shape index (κ3) is 2.73. The highest BCUT2D eigenvalue weighted by Gasteiger charge is 2.20. The zero-order valence-corrected chi connectivity index (χ0v) is 10.3. The van der Waals surface area contributed by atoms with Crippen LogP contribution >= 0.6 is 0 Å². The Morgan fingerprint density at radius 3 is 3.00 bits per heavy atom. The molecule has 2 rings (SSSR count). The molecule has 1 aromatic carbocycles. The highest BCUT2D eigenvalue weighted by atomic mass is 16.5. The number of nitrogens with two attached hydrogens (primary N) is 1. The number of esters is 1. The topological polar surface area (TPSA) is 70.8 Å². The molecule has 1 heterocycles. The number of benzene rings is 1. The molecule has 1 aliphatic rings. The van der Waals surface area contributed by atoms with E-state index in [1.165, 1.54) is 7.11 Å². The maximum Gasteiger partial charge on any atom is 0.322 e. The summed E-state index contributed by atoms with van der Waals surface area (Å²) in [6.07, 6.45) is 1.22. The van der Waals surface area contributed by atoms with Crippen molar-refractivity contribution in [1.29, 1.82) is 0 Å². The summed E-state index contributed by atoms with van der Waals surface area (Å²) in [4.78, 5) is 11.3. The number of ether oxygens (including phenoxy) is 3. The Labute approximate surface area is 106 Å². The van der Waals surface area contributed by atoms with Crippen molar-refractivity contribution in [2.45, 2.75) is 18.9 Å². The lowest BCUT2D eigenvalue weighted by molar-refractivity contribution is -0.142. The van der Waals surface area contributed by atoms with Crippen LogP contribution in [0.5, 0.6) is 11.5 Å². The molecule has 98 valence electrons. The average molecular weight is 251 g/mol. The van der Waals surface area contributed by atoms with Crippen LogP contribution in [-0.4, -0.2) is 32.3 Å². The quantitative estimate of drug-likeness (QED) is 0.808. The van der Waals surface area contributed by atoms with Gasteiger partial charge in [-0.3, -0.25) is 4.79 Å². The van der Waals surface area contributed by atoms with Gasteiger partial charge in [0.1, 0.15) is 6.04 Å². The molecule has 0 saturated carbocycles. The first-order valence-corrected chi connectivity index (χ1v) is 5.93. The zero-order chi connectivity index (χ0) is 13.0. The van der Waals surface area contributed by atoms with Gasteiger partial charge >= 0.3 is 5.97 Å². The van der Waals surface area contributed by atoms with E-state index in [0.29, 0.717) is 31.1 Å². The van der Waals surface area contributed by atoms with E-state index in [9.17, 15) is 4.79 Å². The number of carbonyl (C=O) groups is 1. The Kier molecular flexibility index (Phi) is 4.04. The fourth-order valence-electron chi connectivity index (χ4n) is 1.89. The van der Waals surface area contributed by atoms with Crippen LogP contribution in [0.4, 0.5) is 0 Å². The van der Waals surface area contributed by atoms with Crippen molar-refractivity contribution in [3.8, 4) is 11.5 Å². The molecule has 1 atom stereocenters. The molecule has 5 heteroatoms. The van der Waals surface area contributed by atoms with Crippen LogP contribution < -0.4 is 15.2 Å². The summed E-state index contributed by atoms with van der Waals surface area (Å²) in [5.41, 5.74) is 6.63. The first kappa shape index (κ1) is 12.7. The molecule has 0 radical (unpaired) electrons. The second kappa shape index (κ2) is 5.73. The maximum absolute atomic E-state index is 11.3. The van der Waals surface area contributed by atoms with Gasteiger partial charge in [0, 0.05) is 18.4 Å². The van der Waals surface area contributed by atoms with Crippen LogP contribution in [0.1, 0.15) is 12.0 Å². The molecular formula is C13H17NO4. The predicted molar refractivity (Wildman–Crippen MR) is 65.7 cm³/mol. The van der Waals surface area contributed by atoms with E-state index in [0.717, 1.165) is 12.0 Å². The number of para-hydroxylation sites is 1. The molecule has 0 fully saturated rings. The normalized spacial score (nSPS) is 15.7. The number of hydrogen-bond acceptors (Lipinski definition) is 5. The summed E-state index contributed by atoms with van der Waals surface area (Å²) >= 11 is 0. The number of rotatable bonds is 3. The summed E-state index contributed by atoms with van der Waals surface area (Å²) < 4.78 is 15.9. The monoisotopic (exact) mass is 251 g/mol. The minimum Gasteiger partial charge on any atom is -0.490 e. The van der Waals surface area contributed by atoms with Gasteiger partial charge in [-0.1, -0.05) is 12.1 Å². The first-order chi connectivity index (χ1) is 8.72. The van der Waals surface area contributed by atoms with Gasteiger partial charge in [0.05, 0.1) is 20.3 Å². The van der Waals surface area contributed by atoms with E-state index in [-0.39, 0.29) is 0 Å². The van der Waals surface area contributed by atoms with Crippen molar-refractivity contribution < 1.29 is 19.0 Å². The summed E-state index contributed by atoms with van der Waals surface area (Å²) in [6.45, 7) is 1.25. The van der Waals surface area contributed by atoms with E-state index in [1.807, 2.05) is 18.2 Å². The molecule has 0 amide bonds. The van der Waals surface area contributed by atoms with E-state index >= 15 is 0 Å². The fraction of sp³-hybridized carbons (Fsp3) is 0.462. The Balaban J connectivity index is 2.20. The predicted octanol–water partition coefficient (Wildman–Crippen LogP) is 0.891. The molecule has 18 heavy (non-hydrogen) atoms. The van der Waals surface area contributed by atoms with Gasteiger partial charge in [0.15, 0.2) is 11.5 Å². The van der Waals surface area contributed by atoms with E-state index in [2.05, 4.69) is 4.74 Å². The van der Waals surface area contributed by atoms with Gasteiger partial charge in [0.2, 0.25) is 0 Å². The third-order valence-corrected chi connectivity index (χ3v) is 2.80. The highest BCUT2D eigenvalue weighted by molar-refractivity contribution is 5.76. The molecule has 0 aromatic heterocycles. The minimum absolute atomic E-state index is 0.374. The number of fused-ring (bicyclic) bond motifs is 1. The number of hydrogen-bond donors (Lipinski definition) is 1. The van der Waals surface area contributed by atoms with Crippen LogP contribution in [-0.2, 0) is 16.0 Å². The third-order valence-electron chi connectivity index (χ3n) is 2.80. The molecular weight excluding hydrogens is 234 g/mol. The van der Waals surface area contributed by atoms with Crippen LogP contribution in [0.2, 0.25) is 0 Å². The Bertz CT molecular complexity index is 433. The van der Waals surface area contributed by atoms with Crippen LogP contribution in [0.25, 0.3) is 0 Å². The molecule has 5 nitrogen and oxygen atoms in total. The lowest BCUT2D eigenvalue weighted by Gasteiger charge is -2.14. The zero-order valence-electron chi connectivity index (χ0n) is 10.3. The van der Waals surface area contributed by atoms with Crippen LogP contribution in [0.15, 0.2) is 18.2 Å². The van der Waals surface area contributed by atoms with Gasteiger partial charge in [-0.05, 0) is 6.07 Å². The molecule has 0 saturated heterocycles. The second-order valence-electron chi connectivity index (χ2n) is 4.13. The molecule has 0 spiro atoms. The SMILES string of the molecule is COC(=O)C(N)Cc1cccc2c1OCCCO2. The molecule has 0 aliphatic carbocycles. The van der Waals surface area contributed by atoms with Crippen molar-refractivity contribution in [3.05, 3.63) is 23.8 Å². The standard InChI is InChI=1S/C13H17NO4/c1-16-13(15)10(14)8-9-4-2-5-11-12(9)18-7-3-6-17-11/h2,4-5,10H,3,6-8,14H2,1H3. The maximum atomic E-state index is 11.3. The van der Waals surface area contributed by atoms with Crippen molar-refractivity contribution in [3.63, 3.8) is 0 Å². The molecule has 1 aromatic rings. The average Bonchev–Trinajstić information content (AvgIpc) is 2.63. The lowest BCUT2D eigenvalue weighted by Crippen LogP contribution is -2.33. The first-order valence-electron chi connectivity index (χ1n) is 5.93. The fourth-order valence-corrected chi connectivity index (χ4v) is 1.89. The van der Waals surface area contributed by atoms with E-state index in [4.69, 9.17) is 15.2 Å². The number of carbonyl (C=O) groups excluding carboxylic acids is 1. The molecule has 1 unspecified atom stereocenters. The Morgan fingerprint density at radius 2 is 2.22 bits per heavy atom. The van der Waals surface area contributed by atoms with Crippen molar-refractivity contribution in [2.24, 2.45) is 5.73 Å². The second-order valence-corrected chi connectivity index (χ2v) is 4.13. The Morgan fingerprint density at radius 1 is 1.44 bits per heavy atom. The van der Waals surface area contributed by atoms with Gasteiger partial charge in [-0.15, -0.1) is 0 Å². The lowest BCUT2D eigenvalue weighted by atomic mass is 10.0. The van der Waals surface area contributed by atoms with Gasteiger partial charge in [-0.2, -0.15) is 0 Å². The molecule has 0 bridgehead atoms.